The first-order valence-corrected chi connectivity index (χ1v) is 5.32. The number of hydrogen-bond donors (Lipinski definition) is 0. The van der Waals surface area contributed by atoms with Crippen LogP contribution in [0.3, 0.4) is 0 Å². The van der Waals surface area contributed by atoms with Gasteiger partial charge in [0.1, 0.15) is 0 Å². The minimum Gasteiger partial charge on any atom is -0.0825 e. The summed E-state index contributed by atoms with van der Waals surface area (Å²) in [6.45, 7) is 11.4. The molecule has 0 amide bonds. The lowest BCUT2D eigenvalue weighted by atomic mass is 9.88. The molecule has 0 heteroatoms. The van der Waals surface area contributed by atoms with Crippen LogP contribution < -0.4 is 0 Å². The average molecular weight is 168 g/mol. The quantitative estimate of drug-likeness (QED) is 0.533. The first-order chi connectivity index (χ1) is 5.65. The minimum atomic E-state index is 0.764. The van der Waals surface area contributed by atoms with E-state index in [1.807, 2.05) is 0 Å². The van der Waals surface area contributed by atoms with Gasteiger partial charge in [-0.2, -0.15) is 0 Å². The maximum absolute atomic E-state index is 2.44. The molecule has 0 aromatic carbocycles. The normalized spacial score (nSPS) is 15.3. The van der Waals surface area contributed by atoms with E-state index in [1.165, 1.54) is 24.8 Å². The van der Waals surface area contributed by atoms with E-state index in [9.17, 15) is 0 Å². The summed E-state index contributed by atoms with van der Waals surface area (Å²) in [5, 5.41) is 0. The summed E-state index contributed by atoms with van der Waals surface area (Å²) in [4.78, 5) is 0. The summed E-state index contributed by atoms with van der Waals surface area (Å²) >= 11 is 0. The lowest BCUT2D eigenvalue weighted by Gasteiger charge is -2.18. The molecule has 0 fully saturated rings. The molecular formula is C12H24. The monoisotopic (exact) mass is 168 g/mol. The average Bonchev–Trinajstić information content (AvgIpc) is 2.06. The van der Waals surface area contributed by atoms with E-state index in [4.69, 9.17) is 0 Å². The fourth-order valence-electron chi connectivity index (χ4n) is 1.73. The molecule has 0 aliphatic rings. The molecule has 72 valence electrons. The Morgan fingerprint density at radius 2 is 1.67 bits per heavy atom. The van der Waals surface area contributed by atoms with E-state index in [0.717, 1.165) is 11.8 Å². The van der Waals surface area contributed by atoms with Crippen molar-refractivity contribution in [2.24, 2.45) is 11.8 Å². The van der Waals surface area contributed by atoms with Crippen molar-refractivity contribution in [1.82, 2.24) is 0 Å². The molecule has 0 saturated heterocycles. The third-order valence-corrected chi connectivity index (χ3v) is 2.90. The Morgan fingerprint density at radius 1 is 1.17 bits per heavy atom. The number of rotatable bonds is 5. The van der Waals surface area contributed by atoms with Crippen LogP contribution in [0.1, 0.15) is 53.9 Å². The molecule has 0 radical (unpaired) electrons. The largest absolute Gasteiger partial charge is 0.0825 e. The van der Waals surface area contributed by atoms with Crippen LogP contribution in [0.15, 0.2) is 11.6 Å². The van der Waals surface area contributed by atoms with E-state index in [2.05, 4.69) is 40.7 Å². The summed E-state index contributed by atoms with van der Waals surface area (Å²) in [5.74, 6) is 1.64. The second kappa shape index (κ2) is 6.28. The fraction of sp³-hybridized carbons (Fsp3) is 0.833. The van der Waals surface area contributed by atoms with Crippen LogP contribution in [0.4, 0.5) is 0 Å². The molecule has 0 aliphatic heterocycles. The maximum Gasteiger partial charge on any atom is -0.0231 e. The van der Waals surface area contributed by atoms with Gasteiger partial charge in [0.15, 0.2) is 0 Å². The van der Waals surface area contributed by atoms with Crippen molar-refractivity contribution in [3.05, 3.63) is 11.6 Å². The van der Waals surface area contributed by atoms with Gasteiger partial charge in [-0.05, 0) is 25.2 Å². The van der Waals surface area contributed by atoms with Crippen LogP contribution in [-0.2, 0) is 0 Å². The molecule has 1 atom stereocenters. The Bertz CT molecular complexity index is 129. The molecule has 0 N–H and O–H groups in total. The van der Waals surface area contributed by atoms with Crippen molar-refractivity contribution in [3.8, 4) is 0 Å². The predicted molar refractivity (Wildman–Crippen MR) is 57.3 cm³/mol. The van der Waals surface area contributed by atoms with E-state index < -0.39 is 0 Å². The third kappa shape index (κ3) is 3.94. The molecule has 0 rings (SSSR count). The van der Waals surface area contributed by atoms with Crippen molar-refractivity contribution in [2.45, 2.75) is 53.9 Å². The molecule has 0 aliphatic carbocycles. The van der Waals surface area contributed by atoms with Gasteiger partial charge in [0.2, 0.25) is 0 Å². The Morgan fingerprint density at radius 3 is 2.00 bits per heavy atom. The maximum atomic E-state index is 2.44. The molecular weight excluding hydrogens is 144 g/mol. The van der Waals surface area contributed by atoms with Crippen LogP contribution in [0.25, 0.3) is 0 Å². The summed E-state index contributed by atoms with van der Waals surface area (Å²) < 4.78 is 0. The lowest BCUT2D eigenvalue weighted by molar-refractivity contribution is 0.393. The first-order valence-electron chi connectivity index (χ1n) is 5.32. The summed E-state index contributed by atoms with van der Waals surface area (Å²) in [6.07, 6.45) is 6.26. The molecule has 0 aromatic rings. The van der Waals surface area contributed by atoms with Crippen molar-refractivity contribution < 1.29 is 0 Å². The Kier molecular flexibility index (Phi) is 6.14. The van der Waals surface area contributed by atoms with Gasteiger partial charge in [0.25, 0.3) is 0 Å². The zero-order chi connectivity index (χ0) is 9.56. The van der Waals surface area contributed by atoms with Crippen LogP contribution >= 0.6 is 0 Å². The first kappa shape index (κ1) is 11.7. The number of hydrogen-bond acceptors (Lipinski definition) is 0. The summed E-state index contributed by atoms with van der Waals surface area (Å²) in [5.41, 5.74) is 1.54. The SMILES string of the molecule is CCC(C)=CC(C)C(CC)CC. The Labute approximate surface area is 78.1 Å². The smallest absolute Gasteiger partial charge is 0.0231 e. The van der Waals surface area contributed by atoms with Crippen molar-refractivity contribution in [2.75, 3.05) is 0 Å². The van der Waals surface area contributed by atoms with Gasteiger partial charge in [-0.3, -0.25) is 0 Å². The fourth-order valence-corrected chi connectivity index (χ4v) is 1.73. The van der Waals surface area contributed by atoms with E-state index in [-0.39, 0.29) is 0 Å². The van der Waals surface area contributed by atoms with Crippen molar-refractivity contribution >= 4 is 0 Å². The number of allylic oxidation sites excluding steroid dienone is 2. The summed E-state index contributed by atoms with van der Waals surface area (Å²) in [7, 11) is 0. The lowest BCUT2D eigenvalue weighted by Crippen LogP contribution is -2.07. The molecule has 12 heavy (non-hydrogen) atoms. The zero-order valence-corrected chi connectivity index (χ0v) is 9.35. The van der Waals surface area contributed by atoms with Crippen LogP contribution in [0.2, 0.25) is 0 Å². The van der Waals surface area contributed by atoms with Gasteiger partial charge < -0.3 is 0 Å². The molecule has 0 heterocycles. The molecule has 0 saturated carbocycles. The minimum absolute atomic E-state index is 0.764. The molecule has 0 aromatic heterocycles. The van der Waals surface area contributed by atoms with Gasteiger partial charge in [0.05, 0.1) is 0 Å². The predicted octanol–water partition coefficient (Wildman–Crippen LogP) is 4.42. The second-order valence-electron chi connectivity index (χ2n) is 3.80. The molecule has 0 spiro atoms. The highest BCUT2D eigenvalue weighted by molar-refractivity contribution is 5.00. The van der Waals surface area contributed by atoms with E-state index in [0.29, 0.717) is 0 Å². The molecule has 0 nitrogen and oxygen atoms in total. The van der Waals surface area contributed by atoms with Gasteiger partial charge >= 0.3 is 0 Å². The van der Waals surface area contributed by atoms with Crippen LogP contribution in [0.5, 0.6) is 0 Å². The van der Waals surface area contributed by atoms with Gasteiger partial charge in [0, 0.05) is 0 Å². The third-order valence-electron chi connectivity index (χ3n) is 2.90. The van der Waals surface area contributed by atoms with Crippen molar-refractivity contribution in [3.63, 3.8) is 0 Å². The van der Waals surface area contributed by atoms with E-state index in [1.54, 1.807) is 0 Å². The van der Waals surface area contributed by atoms with Crippen LogP contribution in [0, 0.1) is 11.8 Å². The zero-order valence-electron chi connectivity index (χ0n) is 9.35. The summed E-state index contributed by atoms with van der Waals surface area (Å²) in [6, 6.07) is 0. The Hall–Kier alpha value is -0.260. The highest BCUT2D eigenvalue weighted by Crippen LogP contribution is 2.21. The standard InChI is InChI=1S/C12H24/c1-6-10(4)9-11(5)12(7-2)8-3/h9,11-12H,6-8H2,1-5H3. The Balaban J connectivity index is 4.07. The van der Waals surface area contributed by atoms with Gasteiger partial charge in [-0.25, -0.2) is 0 Å². The van der Waals surface area contributed by atoms with Crippen molar-refractivity contribution in [1.29, 1.82) is 0 Å². The highest BCUT2D eigenvalue weighted by atomic mass is 14.2. The topological polar surface area (TPSA) is 0 Å². The van der Waals surface area contributed by atoms with Gasteiger partial charge in [-0.15, -0.1) is 0 Å². The van der Waals surface area contributed by atoms with Crippen LogP contribution in [-0.4, -0.2) is 0 Å². The molecule has 1 unspecified atom stereocenters. The second-order valence-corrected chi connectivity index (χ2v) is 3.80. The van der Waals surface area contributed by atoms with Gasteiger partial charge in [-0.1, -0.05) is 52.2 Å². The highest BCUT2D eigenvalue weighted by Gasteiger charge is 2.10. The van der Waals surface area contributed by atoms with E-state index >= 15 is 0 Å². The molecule has 0 bridgehead atoms.